The molecule has 1 aromatic rings. The van der Waals surface area contributed by atoms with Crippen LogP contribution in [0.15, 0.2) is 12.3 Å². The number of rotatable bonds is 6. The van der Waals surface area contributed by atoms with Gasteiger partial charge in [0.05, 0.1) is 17.8 Å². The number of aromatic nitrogens is 1. The van der Waals surface area contributed by atoms with Crippen molar-refractivity contribution in [3.63, 3.8) is 0 Å². The van der Waals surface area contributed by atoms with Gasteiger partial charge >= 0.3 is 0 Å². The van der Waals surface area contributed by atoms with Crippen molar-refractivity contribution in [1.29, 1.82) is 0 Å². The van der Waals surface area contributed by atoms with E-state index < -0.39 is 5.91 Å². The Hall–Kier alpha value is -2.15. The number of hydrazine groups is 1. The van der Waals surface area contributed by atoms with Crippen molar-refractivity contribution in [2.45, 2.75) is 20.3 Å². The fourth-order valence-electron chi connectivity index (χ4n) is 1.44. The Morgan fingerprint density at radius 2 is 2.11 bits per heavy atom. The van der Waals surface area contributed by atoms with Crippen LogP contribution in [0.3, 0.4) is 0 Å². The summed E-state index contributed by atoms with van der Waals surface area (Å²) in [6.07, 6.45) is 2.27. The Bertz CT molecular complexity index is 461. The number of carbonyl (C=O) groups excluding carboxylic acids is 2. The second-order valence-corrected chi connectivity index (χ2v) is 4.05. The molecule has 0 radical (unpaired) electrons. The van der Waals surface area contributed by atoms with Crippen molar-refractivity contribution in [2.24, 2.45) is 5.84 Å². The summed E-state index contributed by atoms with van der Waals surface area (Å²) >= 11 is 0. The van der Waals surface area contributed by atoms with Gasteiger partial charge in [-0.3, -0.25) is 20.4 Å². The zero-order valence-electron chi connectivity index (χ0n) is 11.1. The Morgan fingerprint density at radius 3 is 2.74 bits per heavy atom. The molecular formula is C12H19N5O2. The lowest BCUT2D eigenvalue weighted by Gasteiger charge is -2.10. The molecule has 0 aliphatic carbocycles. The van der Waals surface area contributed by atoms with Crippen LogP contribution in [0.5, 0.6) is 0 Å². The molecule has 0 bridgehead atoms. The highest BCUT2D eigenvalue weighted by Gasteiger charge is 2.12. The molecule has 104 valence electrons. The molecule has 1 rings (SSSR count). The van der Waals surface area contributed by atoms with Gasteiger partial charge in [0.15, 0.2) is 0 Å². The number of carbonyl (C=O) groups is 2. The smallest absolute Gasteiger partial charge is 0.255 e. The normalized spacial score (nSPS) is 9.84. The maximum absolute atomic E-state index is 11.9. The summed E-state index contributed by atoms with van der Waals surface area (Å²) in [6.45, 7) is 4.27. The second-order valence-electron chi connectivity index (χ2n) is 4.05. The Balaban J connectivity index is 2.61. The average molecular weight is 265 g/mol. The van der Waals surface area contributed by atoms with Crippen molar-refractivity contribution >= 4 is 17.5 Å². The van der Waals surface area contributed by atoms with Gasteiger partial charge < -0.3 is 16.1 Å². The van der Waals surface area contributed by atoms with E-state index in [9.17, 15) is 9.59 Å². The van der Waals surface area contributed by atoms with E-state index >= 15 is 0 Å². The molecule has 1 heterocycles. The number of nitrogens with one attached hydrogen (secondary N) is 3. The lowest BCUT2D eigenvalue weighted by molar-refractivity contribution is -0.120. The van der Waals surface area contributed by atoms with Gasteiger partial charge in [0, 0.05) is 18.4 Å². The van der Waals surface area contributed by atoms with Crippen LogP contribution in [-0.4, -0.2) is 29.9 Å². The van der Waals surface area contributed by atoms with Gasteiger partial charge in [-0.05, 0) is 19.4 Å². The van der Waals surface area contributed by atoms with E-state index in [1.165, 1.54) is 6.20 Å². The molecule has 5 N–H and O–H groups in total. The number of anilines is 1. The average Bonchev–Trinajstić information content (AvgIpc) is 2.42. The number of amides is 2. The van der Waals surface area contributed by atoms with Crippen LogP contribution in [0.25, 0.3) is 0 Å². The predicted molar refractivity (Wildman–Crippen MR) is 72.4 cm³/mol. The minimum atomic E-state index is -0.396. The predicted octanol–water partition coefficient (Wildman–Crippen LogP) is -0.0684. The highest BCUT2D eigenvalue weighted by molar-refractivity contribution is 6.00. The number of hydrogen-bond donors (Lipinski definition) is 4. The highest BCUT2D eigenvalue weighted by Crippen LogP contribution is 2.13. The summed E-state index contributed by atoms with van der Waals surface area (Å²) in [5.74, 6) is 4.72. The first-order chi connectivity index (χ1) is 9.08. The molecule has 19 heavy (non-hydrogen) atoms. The Labute approximate surface area is 111 Å². The molecule has 0 saturated heterocycles. The van der Waals surface area contributed by atoms with Gasteiger partial charge in [-0.15, -0.1) is 0 Å². The molecule has 0 atom stereocenters. The van der Waals surface area contributed by atoms with Crippen LogP contribution in [0.1, 0.15) is 29.4 Å². The summed E-state index contributed by atoms with van der Waals surface area (Å²) in [5.41, 5.74) is 3.95. The SMILES string of the molecule is CCCNC(=O)CNC(=O)c1cnc(C)cc1NN. The molecule has 2 amide bonds. The molecule has 0 spiro atoms. The van der Waals surface area contributed by atoms with Gasteiger partial charge in [0.2, 0.25) is 5.91 Å². The van der Waals surface area contributed by atoms with E-state index in [0.29, 0.717) is 17.8 Å². The summed E-state index contributed by atoms with van der Waals surface area (Å²) in [7, 11) is 0. The van der Waals surface area contributed by atoms with Crippen LogP contribution in [0.4, 0.5) is 5.69 Å². The second kappa shape index (κ2) is 7.32. The van der Waals surface area contributed by atoms with Gasteiger partial charge in [-0.25, -0.2) is 0 Å². The van der Waals surface area contributed by atoms with Crippen molar-refractivity contribution < 1.29 is 9.59 Å². The third-order valence-electron chi connectivity index (χ3n) is 2.42. The molecule has 0 unspecified atom stereocenters. The van der Waals surface area contributed by atoms with Crippen molar-refractivity contribution in [1.82, 2.24) is 15.6 Å². The summed E-state index contributed by atoms with van der Waals surface area (Å²) in [5, 5.41) is 5.18. The molecule has 1 aromatic heterocycles. The first kappa shape index (κ1) is 14.9. The van der Waals surface area contributed by atoms with E-state index in [1.807, 2.05) is 6.92 Å². The third-order valence-corrected chi connectivity index (χ3v) is 2.42. The molecule has 0 aliphatic rings. The van der Waals surface area contributed by atoms with Gasteiger partial charge in [0.1, 0.15) is 0 Å². The van der Waals surface area contributed by atoms with Gasteiger partial charge in [-0.1, -0.05) is 6.92 Å². The first-order valence-electron chi connectivity index (χ1n) is 6.06. The topological polar surface area (TPSA) is 109 Å². The fraction of sp³-hybridized carbons (Fsp3) is 0.417. The molecule has 0 aromatic carbocycles. The number of aryl methyl sites for hydroxylation is 1. The monoisotopic (exact) mass is 265 g/mol. The molecule has 0 fully saturated rings. The zero-order valence-corrected chi connectivity index (χ0v) is 11.1. The minimum absolute atomic E-state index is 0.0727. The molecule has 7 nitrogen and oxygen atoms in total. The van der Waals surface area contributed by atoms with Crippen LogP contribution < -0.4 is 21.9 Å². The first-order valence-corrected chi connectivity index (χ1v) is 6.06. The van der Waals surface area contributed by atoms with E-state index in [4.69, 9.17) is 5.84 Å². The van der Waals surface area contributed by atoms with Crippen LogP contribution >= 0.6 is 0 Å². The fourth-order valence-corrected chi connectivity index (χ4v) is 1.44. The van der Waals surface area contributed by atoms with Crippen LogP contribution in [0.2, 0.25) is 0 Å². The van der Waals surface area contributed by atoms with Gasteiger partial charge in [-0.2, -0.15) is 0 Å². The molecular weight excluding hydrogens is 246 g/mol. The van der Waals surface area contributed by atoms with Crippen LogP contribution in [0, 0.1) is 6.92 Å². The lowest BCUT2D eigenvalue weighted by atomic mass is 10.2. The van der Waals surface area contributed by atoms with E-state index in [2.05, 4.69) is 21.0 Å². The largest absolute Gasteiger partial charge is 0.355 e. The quantitative estimate of drug-likeness (QED) is 0.425. The molecule has 0 saturated carbocycles. The maximum atomic E-state index is 11.9. The minimum Gasteiger partial charge on any atom is -0.355 e. The van der Waals surface area contributed by atoms with Crippen molar-refractivity contribution in [3.8, 4) is 0 Å². The summed E-state index contributed by atoms with van der Waals surface area (Å²) < 4.78 is 0. The Kier molecular flexibility index (Phi) is 5.74. The third kappa shape index (κ3) is 4.55. The maximum Gasteiger partial charge on any atom is 0.255 e. The standard InChI is InChI=1S/C12H19N5O2/c1-3-4-14-11(18)7-16-12(19)9-6-15-8(2)5-10(9)17-13/h5-6H,3-4,7,13H2,1-2H3,(H,14,18)(H,15,17)(H,16,19). The number of nitrogen functional groups attached to an aromatic ring is 1. The summed E-state index contributed by atoms with van der Waals surface area (Å²) in [4.78, 5) is 27.3. The highest BCUT2D eigenvalue weighted by atomic mass is 16.2. The zero-order chi connectivity index (χ0) is 14.3. The van der Waals surface area contributed by atoms with E-state index in [0.717, 1.165) is 12.1 Å². The molecule has 0 aliphatic heterocycles. The molecule has 7 heteroatoms. The lowest BCUT2D eigenvalue weighted by Crippen LogP contribution is -2.37. The number of hydrogen-bond acceptors (Lipinski definition) is 5. The number of nitrogens with zero attached hydrogens (tertiary/aromatic N) is 1. The number of pyridine rings is 1. The summed E-state index contributed by atoms with van der Waals surface area (Å²) in [6, 6.07) is 1.66. The van der Waals surface area contributed by atoms with E-state index in [1.54, 1.807) is 13.0 Å². The van der Waals surface area contributed by atoms with Crippen molar-refractivity contribution in [2.75, 3.05) is 18.5 Å². The Morgan fingerprint density at radius 1 is 1.37 bits per heavy atom. The van der Waals surface area contributed by atoms with Crippen LogP contribution in [-0.2, 0) is 4.79 Å². The number of nitrogens with two attached hydrogens (primary N) is 1. The van der Waals surface area contributed by atoms with Gasteiger partial charge in [0.25, 0.3) is 5.91 Å². The van der Waals surface area contributed by atoms with E-state index in [-0.39, 0.29) is 12.5 Å². The van der Waals surface area contributed by atoms with Crippen molar-refractivity contribution in [3.05, 3.63) is 23.5 Å².